The molecule has 1 aromatic heterocycles. The minimum absolute atomic E-state index is 0.290. The van der Waals surface area contributed by atoms with Gasteiger partial charge in [0.25, 0.3) is 0 Å². The molecule has 0 aliphatic carbocycles. The molecule has 0 radical (unpaired) electrons. The molecule has 1 atom stereocenters. The van der Waals surface area contributed by atoms with Gasteiger partial charge in [-0.1, -0.05) is 0 Å². The average Bonchev–Trinajstić information content (AvgIpc) is 2.96. The Balaban J connectivity index is 2.11. The van der Waals surface area contributed by atoms with Crippen molar-refractivity contribution in [1.82, 2.24) is 4.98 Å². The number of aromatic nitrogens is 1. The van der Waals surface area contributed by atoms with Crippen LogP contribution in [0.15, 0.2) is 18.3 Å². The maximum Gasteiger partial charge on any atom is 0.328 e. The standard InChI is InChI=1S/C16H22N2O3/c1-3-18(11-14-5-4-8-21-14)16-12(2)9-13(10-17-16)6-7-15(19)20/h6-7,9-10,14H,3-5,8,11H2,1-2H3,(H,19,20)/b7-6+. The number of nitrogens with zero attached hydrogens (tertiary/aromatic N) is 2. The smallest absolute Gasteiger partial charge is 0.328 e. The number of hydrogen-bond donors (Lipinski definition) is 1. The second-order valence-corrected chi connectivity index (χ2v) is 5.25. The molecule has 1 saturated heterocycles. The van der Waals surface area contributed by atoms with Crippen LogP contribution in [0.1, 0.15) is 30.9 Å². The van der Waals surface area contributed by atoms with E-state index in [-0.39, 0.29) is 6.10 Å². The van der Waals surface area contributed by atoms with Gasteiger partial charge in [-0.3, -0.25) is 0 Å². The van der Waals surface area contributed by atoms with Crippen molar-refractivity contribution < 1.29 is 14.6 Å². The number of hydrogen-bond acceptors (Lipinski definition) is 4. The lowest BCUT2D eigenvalue weighted by Crippen LogP contribution is -2.33. The van der Waals surface area contributed by atoms with Crippen LogP contribution in [0.4, 0.5) is 5.82 Å². The van der Waals surface area contributed by atoms with Crippen LogP contribution >= 0.6 is 0 Å². The summed E-state index contributed by atoms with van der Waals surface area (Å²) in [6, 6.07) is 1.96. The third-order valence-corrected chi connectivity index (χ3v) is 3.62. The zero-order valence-electron chi connectivity index (χ0n) is 12.6. The van der Waals surface area contributed by atoms with Crippen LogP contribution < -0.4 is 4.90 Å². The second-order valence-electron chi connectivity index (χ2n) is 5.25. The van der Waals surface area contributed by atoms with E-state index in [1.54, 1.807) is 12.3 Å². The lowest BCUT2D eigenvalue weighted by atomic mass is 10.1. The number of likely N-dealkylation sites (N-methyl/N-ethyl adjacent to an activating group) is 1. The average molecular weight is 290 g/mol. The Bertz CT molecular complexity index is 522. The Hall–Kier alpha value is -1.88. The monoisotopic (exact) mass is 290 g/mol. The maximum absolute atomic E-state index is 10.5. The maximum atomic E-state index is 10.5. The highest BCUT2D eigenvalue weighted by Crippen LogP contribution is 2.21. The first kappa shape index (κ1) is 15.5. The van der Waals surface area contributed by atoms with Gasteiger partial charge in [0, 0.05) is 32.0 Å². The van der Waals surface area contributed by atoms with Crippen LogP contribution in [0.2, 0.25) is 0 Å². The minimum atomic E-state index is -0.953. The van der Waals surface area contributed by atoms with Crippen LogP contribution in [-0.2, 0) is 9.53 Å². The highest BCUT2D eigenvalue weighted by Gasteiger charge is 2.20. The summed E-state index contributed by atoms with van der Waals surface area (Å²) in [4.78, 5) is 17.3. The molecule has 1 fully saturated rings. The topological polar surface area (TPSA) is 62.7 Å². The van der Waals surface area contributed by atoms with Crippen LogP contribution in [0.25, 0.3) is 6.08 Å². The Kier molecular flexibility index (Phi) is 5.33. The van der Waals surface area contributed by atoms with Crippen molar-refractivity contribution in [1.29, 1.82) is 0 Å². The first-order valence-corrected chi connectivity index (χ1v) is 7.34. The van der Waals surface area contributed by atoms with E-state index in [2.05, 4.69) is 16.8 Å². The number of carbonyl (C=O) groups is 1. The Morgan fingerprint density at radius 3 is 3.00 bits per heavy atom. The number of carboxylic acid groups (broad SMARTS) is 1. The Morgan fingerprint density at radius 1 is 1.62 bits per heavy atom. The Labute approximate surface area is 125 Å². The number of anilines is 1. The highest BCUT2D eigenvalue weighted by molar-refractivity contribution is 5.85. The molecular weight excluding hydrogens is 268 g/mol. The number of aliphatic carboxylic acids is 1. The van der Waals surface area contributed by atoms with Gasteiger partial charge in [0.15, 0.2) is 0 Å². The van der Waals surface area contributed by atoms with Gasteiger partial charge in [-0.2, -0.15) is 0 Å². The van der Waals surface area contributed by atoms with E-state index in [1.165, 1.54) is 0 Å². The summed E-state index contributed by atoms with van der Waals surface area (Å²) in [6.45, 7) is 6.69. The van der Waals surface area contributed by atoms with Crippen molar-refractivity contribution in [3.05, 3.63) is 29.5 Å². The summed E-state index contributed by atoms with van der Waals surface area (Å²) < 4.78 is 5.69. The third kappa shape index (κ3) is 4.29. The van der Waals surface area contributed by atoms with E-state index in [1.807, 2.05) is 13.0 Å². The van der Waals surface area contributed by atoms with Crippen LogP contribution in [0.3, 0.4) is 0 Å². The fourth-order valence-corrected chi connectivity index (χ4v) is 2.58. The minimum Gasteiger partial charge on any atom is -0.478 e. The zero-order chi connectivity index (χ0) is 15.2. The van der Waals surface area contributed by atoms with Gasteiger partial charge in [0.05, 0.1) is 6.10 Å². The lowest BCUT2D eigenvalue weighted by Gasteiger charge is -2.26. The molecular formula is C16H22N2O3. The first-order chi connectivity index (χ1) is 10.1. The number of aryl methyl sites for hydroxylation is 1. The molecule has 0 amide bonds. The molecule has 0 spiro atoms. The Morgan fingerprint density at radius 2 is 2.43 bits per heavy atom. The number of rotatable bonds is 6. The van der Waals surface area contributed by atoms with E-state index < -0.39 is 5.97 Å². The molecule has 21 heavy (non-hydrogen) atoms. The molecule has 0 saturated carbocycles. The van der Waals surface area contributed by atoms with Gasteiger partial charge in [-0.25, -0.2) is 9.78 Å². The summed E-state index contributed by atoms with van der Waals surface area (Å²) >= 11 is 0. The lowest BCUT2D eigenvalue weighted by molar-refractivity contribution is -0.131. The van der Waals surface area contributed by atoms with Crippen LogP contribution in [0, 0.1) is 6.92 Å². The summed E-state index contributed by atoms with van der Waals surface area (Å²) in [7, 11) is 0. The zero-order valence-corrected chi connectivity index (χ0v) is 12.6. The summed E-state index contributed by atoms with van der Waals surface area (Å²) in [5.41, 5.74) is 1.84. The van der Waals surface area contributed by atoms with Gasteiger partial charge in [0.1, 0.15) is 5.82 Å². The van der Waals surface area contributed by atoms with Crippen molar-refractivity contribution in [2.45, 2.75) is 32.8 Å². The predicted octanol–water partition coefficient (Wildman–Crippen LogP) is 2.49. The highest BCUT2D eigenvalue weighted by atomic mass is 16.5. The molecule has 0 bridgehead atoms. The predicted molar refractivity (Wildman–Crippen MR) is 82.5 cm³/mol. The van der Waals surface area contributed by atoms with E-state index in [0.29, 0.717) is 0 Å². The fraction of sp³-hybridized carbons (Fsp3) is 0.500. The SMILES string of the molecule is CCN(CC1CCCO1)c1ncc(/C=C/C(=O)O)cc1C. The molecule has 1 N–H and O–H groups in total. The van der Waals surface area contributed by atoms with Crippen molar-refractivity contribution in [3.63, 3.8) is 0 Å². The molecule has 114 valence electrons. The normalized spacial score (nSPS) is 18.3. The first-order valence-electron chi connectivity index (χ1n) is 7.34. The van der Waals surface area contributed by atoms with Gasteiger partial charge in [-0.05, 0) is 50.0 Å². The molecule has 1 aliphatic rings. The second kappa shape index (κ2) is 7.22. The molecule has 5 heteroatoms. The van der Waals surface area contributed by atoms with Crippen LogP contribution in [0.5, 0.6) is 0 Å². The number of carboxylic acids is 1. The van der Waals surface area contributed by atoms with Crippen molar-refractivity contribution in [3.8, 4) is 0 Å². The van der Waals surface area contributed by atoms with E-state index in [0.717, 1.165) is 55.6 Å². The fourth-order valence-electron chi connectivity index (χ4n) is 2.58. The van der Waals surface area contributed by atoms with Gasteiger partial charge < -0.3 is 14.7 Å². The van der Waals surface area contributed by atoms with Gasteiger partial charge in [-0.15, -0.1) is 0 Å². The molecule has 1 aromatic rings. The molecule has 2 heterocycles. The third-order valence-electron chi connectivity index (χ3n) is 3.62. The largest absolute Gasteiger partial charge is 0.478 e. The summed E-state index contributed by atoms with van der Waals surface area (Å²) in [5.74, 6) is -0.00854. The molecule has 2 rings (SSSR count). The summed E-state index contributed by atoms with van der Waals surface area (Å²) in [5, 5.41) is 8.65. The van der Waals surface area contributed by atoms with E-state index >= 15 is 0 Å². The van der Waals surface area contributed by atoms with Gasteiger partial charge in [0.2, 0.25) is 0 Å². The van der Waals surface area contributed by atoms with E-state index in [4.69, 9.17) is 9.84 Å². The quantitative estimate of drug-likeness (QED) is 0.816. The molecule has 0 aromatic carbocycles. The number of ether oxygens (including phenoxy) is 1. The van der Waals surface area contributed by atoms with Crippen LogP contribution in [-0.4, -0.2) is 41.9 Å². The van der Waals surface area contributed by atoms with Crippen molar-refractivity contribution in [2.24, 2.45) is 0 Å². The molecule has 1 aliphatic heterocycles. The van der Waals surface area contributed by atoms with E-state index in [9.17, 15) is 4.79 Å². The van der Waals surface area contributed by atoms with Crippen molar-refractivity contribution in [2.75, 3.05) is 24.6 Å². The molecule has 1 unspecified atom stereocenters. The number of pyridine rings is 1. The molecule has 5 nitrogen and oxygen atoms in total. The van der Waals surface area contributed by atoms with Crippen molar-refractivity contribution >= 4 is 17.9 Å². The van der Waals surface area contributed by atoms with Gasteiger partial charge >= 0.3 is 5.97 Å². The summed E-state index contributed by atoms with van der Waals surface area (Å²) in [6.07, 6.45) is 6.92.